The van der Waals surface area contributed by atoms with Crippen LogP contribution in [0.25, 0.3) is 17.2 Å². The minimum Gasteiger partial charge on any atom is -0.393 e. The van der Waals surface area contributed by atoms with Gasteiger partial charge in [0.25, 0.3) is 0 Å². The quantitative estimate of drug-likeness (QED) is 0.557. The Balaban J connectivity index is 2.13. The first-order valence-electron chi connectivity index (χ1n) is 8.27. The molecule has 1 N–H and O–H groups in total. The zero-order chi connectivity index (χ0) is 18.2. The molecule has 2 aromatic rings. The summed E-state index contributed by atoms with van der Waals surface area (Å²) in [5, 5.41) is 9.19. The van der Waals surface area contributed by atoms with Crippen LogP contribution in [-0.2, 0) is 6.42 Å². The highest BCUT2D eigenvalue weighted by atomic mass is 19.2. The third-order valence-electron chi connectivity index (χ3n) is 3.75. The summed E-state index contributed by atoms with van der Waals surface area (Å²) in [6, 6.07) is 3.07. The average Bonchev–Trinajstić information content (AvgIpc) is 2.59. The van der Waals surface area contributed by atoms with Crippen molar-refractivity contribution < 1.29 is 13.9 Å². The average molecular weight is 344 g/mol. The van der Waals surface area contributed by atoms with Crippen LogP contribution in [0.1, 0.15) is 37.6 Å². The summed E-state index contributed by atoms with van der Waals surface area (Å²) in [5.41, 5.74) is 0.757. The Hall–Kier alpha value is -2.40. The maximum Gasteiger partial charge on any atom is 0.167 e. The molecule has 0 radical (unpaired) electrons. The molecule has 0 bridgehead atoms. The van der Waals surface area contributed by atoms with E-state index in [2.05, 4.69) is 16.5 Å². The third kappa shape index (κ3) is 5.29. The molecule has 0 saturated carbocycles. The van der Waals surface area contributed by atoms with Crippen molar-refractivity contribution in [3.63, 3.8) is 0 Å². The summed E-state index contributed by atoms with van der Waals surface area (Å²) in [7, 11) is 0. The van der Waals surface area contributed by atoms with E-state index in [9.17, 15) is 13.9 Å². The predicted molar refractivity (Wildman–Crippen MR) is 95.9 cm³/mol. The molecule has 1 aromatic carbocycles. The Bertz CT molecular complexity index is 740. The highest BCUT2D eigenvalue weighted by Gasteiger charge is 2.14. The van der Waals surface area contributed by atoms with Gasteiger partial charge < -0.3 is 5.11 Å². The van der Waals surface area contributed by atoms with Gasteiger partial charge in [-0.15, -0.1) is 6.58 Å². The Morgan fingerprint density at radius 1 is 1.20 bits per heavy atom. The lowest BCUT2D eigenvalue weighted by molar-refractivity contribution is 0.182. The fourth-order valence-corrected chi connectivity index (χ4v) is 2.39. The predicted octanol–water partition coefficient (Wildman–Crippen LogP) is 4.71. The first-order valence-corrected chi connectivity index (χ1v) is 8.27. The fourth-order valence-electron chi connectivity index (χ4n) is 2.39. The van der Waals surface area contributed by atoms with Crippen molar-refractivity contribution in [2.45, 2.75) is 38.7 Å². The lowest BCUT2D eigenvalue weighted by atomic mass is 10.0. The van der Waals surface area contributed by atoms with Gasteiger partial charge in [0.05, 0.1) is 6.10 Å². The zero-order valence-electron chi connectivity index (χ0n) is 14.3. The van der Waals surface area contributed by atoms with Crippen molar-refractivity contribution in [3.05, 3.63) is 66.3 Å². The van der Waals surface area contributed by atoms with Crippen LogP contribution in [0.15, 0.2) is 43.3 Å². The summed E-state index contributed by atoms with van der Waals surface area (Å²) in [6.45, 7) is 5.34. The lowest BCUT2D eigenvalue weighted by Gasteiger charge is -2.07. The van der Waals surface area contributed by atoms with Crippen molar-refractivity contribution in [2.24, 2.45) is 0 Å². The third-order valence-corrected chi connectivity index (χ3v) is 3.75. The van der Waals surface area contributed by atoms with Crippen LogP contribution in [0.5, 0.6) is 0 Å². The van der Waals surface area contributed by atoms with E-state index in [0.29, 0.717) is 30.7 Å². The molecule has 0 aliphatic carbocycles. The van der Waals surface area contributed by atoms with E-state index in [1.807, 2.05) is 0 Å². The first kappa shape index (κ1) is 18.9. The number of rotatable bonds is 8. The Morgan fingerprint density at radius 2 is 1.92 bits per heavy atom. The van der Waals surface area contributed by atoms with Crippen molar-refractivity contribution in [1.82, 2.24) is 9.97 Å². The van der Waals surface area contributed by atoms with Gasteiger partial charge in [-0.2, -0.15) is 0 Å². The lowest BCUT2D eigenvalue weighted by Crippen LogP contribution is -1.98. The second kappa shape index (κ2) is 9.18. The molecule has 0 aliphatic rings. The minimum atomic E-state index is -0.911. The molecule has 25 heavy (non-hydrogen) atoms. The molecule has 1 unspecified atom stereocenters. The molecule has 0 amide bonds. The fraction of sp³-hybridized carbons (Fsp3) is 0.300. The largest absolute Gasteiger partial charge is 0.393 e. The Kier molecular flexibility index (Phi) is 6.95. The van der Waals surface area contributed by atoms with E-state index in [4.69, 9.17) is 0 Å². The van der Waals surface area contributed by atoms with E-state index in [1.165, 1.54) is 24.5 Å². The van der Waals surface area contributed by atoms with Crippen LogP contribution in [0.3, 0.4) is 0 Å². The topological polar surface area (TPSA) is 46.0 Å². The SMILES string of the molecule is C=CCc1ncc(-c2ccc(/C=C/CCCC(C)O)c(F)c2F)cn1. The number of nitrogens with zero attached hydrogens (tertiary/aromatic N) is 2. The van der Waals surface area contributed by atoms with Gasteiger partial charge in [0.15, 0.2) is 11.6 Å². The van der Waals surface area contributed by atoms with Crippen LogP contribution in [-0.4, -0.2) is 21.2 Å². The van der Waals surface area contributed by atoms with Crippen molar-refractivity contribution in [2.75, 3.05) is 0 Å². The maximum atomic E-state index is 14.4. The highest BCUT2D eigenvalue weighted by molar-refractivity contribution is 5.65. The van der Waals surface area contributed by atoms with E-state index in [1.54, 1.807) is 25.2 Å². The van der Waals surface area contributed by atoms with E-state index < -0.39 is 11.6 Å². The van der Waals surface area contributed by atoms with E-state index >= 15 is 0 Å². The molecule has 1 aromatic heterocycles. The second-order valence-corrected chi connectivity index (χ2v) is 5.89. The summed E-state index contributed by atoms with van der Waals surface area (Å²) < 4.78 is 28.6. The molecule has 132 valence electrons. The van der Waals surface area contributed by atoms with Gasteiger partial charge in [0.1, 0.15) is 5.82 Å². The number of halogens is 2. The van der Waals surface area contributed by atoms with Crippen LogP contribution in [0, 0.1) is 11.6 Å². The van der Waals surface area contributed by atoms with Crippen LogP contribution >= 0.6 is 0 Å². The Labute approximate surface area is 146 Å². The number of aliphatic hydroxyl groups is 1. The summed E-state index contributed by atoms with van der Waals surface area (Å²) in [6.07, 6.45) is 10.3. The maximum absolute atomic E-state index is 14.4. The van der Waals surface area contributed by atoms with Gasteiger partial charge in [-0.05, 0) is 26.2 Å². The minimum absolute atomic E-state index is 0.133. The monoisotopic (exact) mass is 344 g/mol. The number of hydrogen-bond donors (Lipinski definition) is 1. The molecule has 1 heterocycles. The molecule has 1 atom stereocenters. The Morgan fingerprint density at radius 3 is 2.56 bits per heavy atom. The molecule has 0 saturated heterocycles. The number of benzene rings is 1. The van der Waals surface area contributed by atoms with Gasteiger partial charge in [-0.25, -0.2) is 18.7 Å². The van der Waals surface area contributed by atoms with Gasteiger partial charge in [-0.3, -0.25) is 0 Å². The molecule has 0 spiro atoms. The van der Waals surface area contributed by atoms with E-state index in [0.717, 1.165) is 6.42 Å². The van der Waals surface area contributed by atoms with Crippen molar-refractivity contribution >= 4 is 6.08 Å². The van der Waals surface area contributed by atoms with Gasteiger partial charge in [0, 0.05) is 35.5 Å². The molecular formula is C20H22F2N2O. The summed E-state index contributed by atoms with van der Waals surface area (Å²) in [4.78, 5) is 8.23. The molecule has 0 fully saturated rings. The van der Waals surface area contributed by atoms with Crippen molar-refractivity contribution in [3.8, 4) is 11.1 Å². The number of unbranched alkanes of at least 4 members (excludes halogenated alkanes) is 1. The number of allylic oxidation sites excluding steroid dienone is 2. The highest BCUT2D eigenvalue weighted by Crippen LogP contribution is 2.26. The molecular weight excluding hydrogens is 322 g/mol. The van der Waals surface area contributed by atoms with Gasteiger partial charge in [-0.1, -0.05) is 30.4 Å². The van der Waals surface area contributed by atoms with Crippen LogP contribution in [0.2, 0.25) is 0 Å². The number of aromatic nitrogens is 2. The number of hydrogen-bond acceptors (Lipinski definition) is 3. The summed E-state index contributed by atoms with van der Waals surface area (Å²) >= 11 is 0. The van der Waals surface area contributed by atoms with Gasteiger partial charge >= 0.3 is 0 Å². The van der Waals surface area contributed by atoms with Crippen LogP contribution < -0.4 is 0 Å². The second-order valence-electron chi connectivity index (χ2n) is 5.89. The normalized spacial score (nSPS) is 12.5. The molecule has 2 rings (SSSR count). The van der Waals surface area contributed by atoms with Crippen LogP contribution in [0.4, 0.5) is 8.78 Å². The zero-order valence-corrected chi connectivity index (χ0v) is 14.3. The molecule has 3 nitrogen and oxygen atoms in total. The first-order chi connectivity index (χ1) is 12.0. The smallest absolute Gasteiger partial charge is 0.167 e. The van der Waals surface area contributed by atoms with E-state index in [-0.39, 0.29) is 17.2 Å². The van der Waals surface area contributed by atoms with Crippen molar-refractivity contribution in [1.29, 1.82) is 0 Å². The number of aliphatic hydroxyl groups excluding tert-OH is 1. The van der Waals surface area contributed by atoms with Gasteiger partial charge in [0.2, 0.25) is 0 Å². The molecule has 5 heteroatoms. The summed E-state index contributed by atoms with van der Waals surface area (Å²) in [5.74, 6) is -1.22. The standard InChI is InChI=1S/C20H22F2N2O/c1-3-7-18-23-12-16(13-24-18)17-11-10-15(19(21)20(17)22)9-6-4-5-8-14(2)25/h3,6,9-14,25H,1,4-5,7-8H2,2H3/b9-6+. The molecule has 0 aliphatic heterocycles.